The third kappa shape index (κ3) is 3.51. The van der Waals surface area contributed by atoms with Crippen molar-refractivity contribution in [3.63, 3.8) is 0 Å². The Morgan fingerprint density at radius 2 is 2.05 bits per heavy atom. The van der Waals surface area contributed by atoms with Gasteiger partial charge in [0, 0.05) is 12.7 Å². The van der Waals surface area contributed by atoms with Crippen molar-refractivity contribution in [2.24, 2.45) is 0 Å². The number of hydrogen-bond donors (Lipinski definition) is 0. The van der Waals surface area contributed by atoms with E-state index in [0.717, 1.165) is 18.4 Å². The molecule has 2 heterocycles. The van der Waals surface area contributed by atoms with Gasteiger partial charge in [0.05, 0.1) is 12.7 Å². The van der Waals surface area contributed by atoms with E-state index >= 15 is 0 Å². The summed E-state index contributed by atoms with van der Waals surface area (Å²) in [7, 11) is 1.33. The minimum atomic E-state index is -0.555. The van der Waals surface area contributed by atoms with Crippen molar-refractivity contribution in [1.82, 2.24) is 4.98 Å². The minimum Gasteiger partial charge on any atom is -0.465 e. The minimum absolute atomic E-state index is 0.391. The van der Waals surface area contributed by atoms with Crippen molar-refractivity contribution >= 4 is 17.9 Å². The molecule has 1 aliphatic rings. The fourth-order valence-electron chi connectivity index (χ4n) is 2.19. The first kappa shape index (κ1) is 15.3. The molecule has 0 saturated carbocycles. The Bertz CT molecular complexity index is 563. The number of ether oxygens (including phenoxy) is 2. The van der Waals surface area contributed by atoms with Crippen LogP contribution in [0.25, 0.3) is 0 Å². The summed E-state index contributed by atoms with van der Waals surface area (Å²) in [5, 5.41) is 0. The van der Waals surface area contributed by atoms with Crippen LogP contribution in [0, 0.1) is 0 Å². The molecule has 0 bridgehead atoms. The van der Waals surface area contributed by atoms with Gasteiger partial charge in [0.15, 0.2) is 0 Å². The first-order chi connectivity index (χ1) is 9.81. The topological polar surface area (TPSA) is 68.7 Å². The van der Waals surface area contributed by atoms with E-state index in [1.165, 1.54) is 18.2 Å². The van der Waals surface area contributed by atoms with Crippen molar-refractivity contribution < 1.29 is 19.1 Å². The van der Waals surface area contributed by atoms with Gasteiger partial charge in [0.1, 0.15) is 11.4 Å². The van der Waals surface area contributed by atoms with Crippen LogP contribution >= 0.6 is 0 Å². The molecule has 2 rings (SSSR count). The van der Waals surface area contributed by atoms with Crippen LogP contribution in [-0.2, 0) is 15.9 Å². The molecule has 0 unspecified atom stereocenters. The normalized spacial score (nSPS) is 14.4. The number of anilines is 1. The number of hydrogen-bond acceptors (Lipinski definition) is 5. The molecule has 6 heteroatoms. The summed E-state index contributed by atoms with van der Waals surface area (Å²) in [6, 6.07) is 1.73. The van der Waals surface area contributed by atoms with E-state index in [1.807, 2.05) is 20.8 Å². The van der Waals surface area contributed by atoms with Crippen LogP contribution in [-0.4, -0.2) is 36.3 Å². The van der Waals surface area contributed by atoms with Gasteiger partial charge in [-0.2, -0.15) is 0 Å². The zero-order valence-electron chi connectivity index (χ0n) is 12.8. The Balaban J connectivity index is 2.28. The fraction of sp³-hybridized carbons (Fsp3) is 0.533. The summed E-state index contributed by atoms with van der Waals surface area (Å²) < 4.78 is 10.1. The van der Waals surface area contributed by atoms with Crippen LogP contribution in [0.3, 0.4) is 0 Å². The standard InChI is InChI=1S/C15H20N2O4/c1-15(2,3)21-14(19)17-7-5-6-10-8-11(13(18)20-4)9-16-12(10)17/h8-9H,5-7H2,1-4H3. The lowest BCUT2D eigenvalue weighted by molar-refractivity contribution is 0.0575. The highest BCUT2D eigenvalue weighted by atomic mass is 16.6. The number of nitrogens with zero attached hydrogens (tertiary/aromatic N) is 2. The summed E-state index contributed by atoms with van der Waals surface area (Å²) in [4.78, 5) is 29.5. The average molecular weight is 292 g/mol. The number of rotatable bonds is 1. The number of esters is 1. The SMILES string of the molecule is COC(=O)c1cnc2c(c1)CCCN2C(=O)OC(C)(C)C. The maximum atomic E-state index is 12.2. The number of carbonyl (C=O) groups excluding carboxylic acids is 2. The summed E-state index contributed by atoms with van der Waals surface area (Å²) >= 11 is 0. The summed E-state index contributed by atoms with van der Waals surface area (Å²) in [6.45, 7) is 6.03. The predicted molar refractivity (Wildman–Crippen MR) is 77.5 cm³/mol. The molecular weight excluding hydrogens is 272 g/mol. The van der Waals surface area contributed by atoms with E-state index in [2.05, 4.69) is 9.72 Å². The van der Waals surface area contributed by atoms with Crippen LogP contribution in [0.1, 0.15) is 43.1 Å². The van der Waals surface area contributed by atoms with Crippen molar-refractivity contribution in [2.75, 3.05) is 18.6 Å². The molecule has 6 nitrogen and oxygen atoms in total. The molecule has 1 aliphatic heterocycles. The zero-order chi connectivity index (χ0) is 15.6. The highest BCUT2D eigenvalue weighted by molar-refractivity contribution is 5.92. The highest BCUT2D eigenvalue weighted by Gasteiger charge is 2.28. The van der Waals surface area contributed by atoms with E-state index in [1.54, 1.807) is 6.07 Å². The Morgan fingerprint density at radius 1 is 1.33 bits per heavy atom. The molecule has 1 aromatic heterocycles. The Labute approximate surface area is 124 Å². The second-order valence-corrected chi connectivity index (χ2v) is 5.93. The van der Waals surface area contributed by atoms with E-state index in [9.17, 15) is 9.59 Å². The largest absolute Gasteiger partial charge is 0.465 e. The van der Waals surface area contributed by atoms with Gasteiger partial charge in [0.2, 0.25) is 0 Å². The molecule has 21 heavy (non-hydrogen) atoms. The Kier molecular flexibility index (Phi) is 4.16. The quantitative estimate of drug-likeness (QED) is 0.744. The van der Waals surface area contributed by atoms with E-state index in [-0.39, 0.29) is 0 Å². The van der Waals surface area contributed by atoms with E-state index in [0.29, 0.717) is 17.9 Å². The van der Waals surface area contributed by atoms with Gasteiger partial charge >= 0.3 is 12.1 Å². The Hall–Kier alpha value is -2.11. The molecule has 0 aliphatic carbocycles. The van der Waals surface area contributed by atoms with Gasteiger partial charge in [-0.05, 0) is 45.2 Å². The second-order valence-electron chi connectivity index (χ2n) is 5.93. The van der Waals surface area contributed by atoms with Crippen LogP contribution in [0.4, 0.5) is 10.6 Å². The van der Waals surface area contributed by atoms with Crippen molar-refractivity contribution in [2.45, 2.75) is 39.2 Å². The monoisotopic (exact) mass is 292 g/mol. The molecule has 0 spiro atoms. The number of methoxy groups -OCH3 is 1. The number of pyridine rings is 1. The number of carbonyl (C=O) groups is 2. The molecule has 1 amide bonds. The smallest absolute Gasteiger partial charge is 0.416 e. The maximum Gasteiger partial charge on any atom is 0.416 e. The van der Waals surface area contributed by atoms with Gasteiger partial charge in [-0.15, -0.1) is 0 Å². The van der Waals surface area contributed by atoms with Gasteiger partial charge < -0.3 is 9.47 Å². The fourth-order valence-corrected chi connectivity index (χ4v) is 2.19. The Morgan fingerprint density at radius 3 is 2.67 bits per heavy atom. The molecule has 0 fully saturated rings. The van der Waals surface area contributed by atoms with Crippen LogP contribution in [0.5, 0.6) is 0 Å². The molecular formula is C15H20N2O4. The van der Waals surface area contributed by atoms with Crippen molar-refractivity contribution in [3.8, 4) is 0 Å². The molecule has 1 aromatic rings. The highest BCUT2D eigenvalue weighted by Crippen LogP contribution is 2.27. The van der Waals surface area contributed by atoms with Gasteiger partial charge in [-0.3, -0.25) is 4.90 Å². The second kappa shape index (κ2) is 5.71. The number of aryl methyl sites for hydroxylation is 1. The number of fused-ring (bicyclic) bond motifs is 1. The van der Waals surface area contributed by atoms with E-state index < -0.39 is 17.7 Å². The van der Waals surface area contributed by atoms with Crippen LogP contribution in [0.15, 0.2) is 12.3 Å². The molecule has 0 radical (unpaired) electrons. The molecule has 114 valence electrons. The van der Waals surface area contributed by atoms with Crippen LogP contribution < -0.4 is 4.90 Å². The molecule has 0 saturated heterocycles. The van der Waals surface area contributed by atoms with Gasteiger partial charge in [-0.1, -0.05) is 0 Å². The van der Waals surface area contributed by atoms with E-state index in [4.69, 9.17) is 4.74 Å². The number of aromatic nitrogens is 1. The van der Waals surface area contributed by atoms with Gasteiger partial charge in [0.25, 0.3) is 0 Å². The first-order valence-electron chi connectivity index (χ1n) is 6.89. The maximum absolute atomic E-state index is 12.2. The number of amides is 1. The third-order valence-corrected chi connectivity index (χ3v) is 3.06. The third-order valence-electron chi connectivity index (χ3n) is 3.06. The van der Waals surface area contributed by atoms with Crippen molar-refractivity contribution in [1.29, 1.82) is 0 Å². The molecule has 0 aromatic carbocycles. The van der Waals surface area contributed by atoms with Gasteiger partial charge in [-0.25, -0.2) is 14.6 Å². The molecule has 0 N–H and O–H groups in total. The lowest BCUT2D eigenvalue weighted by atomic mass is 10.0. The predicted octanol–water partition coefficient (Wildman–Crippen LogP) is 2.56. The first-order valence-corrected chi connectivity index (χ1v) is 6.89. The van der Waals surface area contributed by atoms with Crippen molar-refractivity contribution in [3.05, 3.63) is 23.4 Å². The summed E-state index contributed by atoms with van der Waals surface area (Å²) in [6.07, 6.45) is 2.58. The average Bonchev–Trinajstić information content (AvgIpc) is 2.43. The van der Waals surface area contributed by atoms with Crippen LogP contribution in [0.2, 0.25) is 0 Å². The molecule has 0 atom stereocenters. The summed E-state index contributed by atoms with van der Waals surface area (Å²) in [5.41, 5.74) is 0.693. The lowest BCUT2D eigenvalue weighted by Crippen LogP contribution is -2.40. The lowest BCUT2D eigenvalue weighted by Gasteiger charge is -2.30. The zero-order valence-corrected chi connectivity index (χ0v) is 12.8. The summed E-state index contributed by atoms with van der Waals surface area (Å²) in [5.74, 6) is 0.128.